The summed E-state index contributed by atoms with van der Waals surface area (Å²) in [6.45, 7) is 10.5. The van der Waals surface area contributed by atoms with Crippen LogP contribution in [0.4, 0.5) is 0 Å². The number of ether oxygens (including phenoxy) is 6. The van der Waals surface area contributed by atoms with Crippen molar-refractivity contribution in [2.75, 3.05) is 0 Å². The molecule has 0 spiro atoms. The van der Waals surface area contributed by atoms with Gasteiger partial charge in [0.05, 0.1) is 12.2 Å². The van der Waals surface area contributed by atoms with Crippen LogP contribution in [0.1, 0.15) is 48.0 Å². The van der Waals surface area contributed by atoms with Crippen LogP contribution < -0.4 is 0 Å². The predicted molar refractivity (Wildman–Crippen MR) is 83.4 cm³/mol. The Bertz CT molecular complexity index is 555. The van der Waals surface area contributed by atoms with E-state index in [-0.39, 0.29) is 12.5 Å². The van der Waals surface area contributed by atoms with Gasteiger partial charge in [0.2, 0.25) is 5.78 Å². The Kier molecular flexibility index (Phi) is 4.70. The van der Waals surface area contributed by atoms with Crippen LogP contribution in [0.15, 0.2) is 0 Å². The molecule has 3 heterocycles. The average molecular weight is 358 g/mol. The lowest BCUT2D eigenvalue weighted by molar-refractivity contribution is -0.234. The number of carbonyl (C=O) groups excluding carboxylic acids is 2. The first-order valence-electron chi connectivity index (χ1n) is 8.58. The molecule has 0 radical (unpaired) electrons. The molecular formula is C17H26O8. The molecule has 3 aliphatic heterocycles. The molecule has 0 aliphatic carbocycles. The minimum Gasteiger partial charge on any atom is -0.457 e. The molecule has 0 aromatic heterocycles. The van der Waals surface area contributed by atoms with Crippen molar-refractivity contribution in [3.05, 3.63) is 0 Å². The maximum Gasteiger partial charge on any atom is 0.374 e. The standard InChI is InChI=1S/C17H26O8/c1-8(2)20-14(19)9(18)7-10-11-12(23-16(3,4)22-11)13-15(21-10)25-17(5,6)24-13/h8,10-13,15H,7H2,1-6H3/t10-,11+,12+,13-,15-/m1/s1. The van der Waals surface area contributed by atoms with Gasteiger partial charge >= 0.3 is 5.97 Å². The van der Waals surface area contributed by atoms with E-state index in [1.807, 2.05) is 0 Å². The van der Waals surface area contributed by atoms with Crippen LogP contribution in [0.5, 0.6) is 0 Å². The fraction of sp³-hybridized carbons (Fsp3) is 0.882. The molecular weight excluding hydrogens is 332 g/mol. The first kappa shape index (κ1) is 18.7. The fourth-order valence-corrected chi connectivity index (χ4v) is 3.40. The predicted octanol–water partition coefficient (Wildman–Crippen LogP) is 1.29. The lowest BCUT2D eigenvalue weighted by Crippen LogP contribution is -2.55. The molecule has 0 bridgehead atoms. The molecule has 3 aliphatic rings. The molecule has 8 heteroatoms. The van der Waals surface area contributed by atoms with Gasteiger partial charge in [-0.05, 0) is 41.5 Å². The normalized spacial score (nSPS) is 38.3. The summed E-state index contributed by atoms with van der Waals surface area (Å²) in [6.07, 6.45) is -3.35. The summed E-state index contributed by atoms with van der Waals surface area (Å²) in [6, 6.07) is 0. The number of esters is 1. The molecule has 0 N–H and O–H groups in total. The van der Waals surface area contributed by atoms with E-state index in [1.165, 1.54) is 0 Å². The summed E-state index contributed by atoms with van der Waals surface area (Å²) in [5, 5.41) is 0. The van der Waals surface area contributed by atoms with Crippen LogP contribution in [0.3, 0.4) is 0 Å². The minimum absolute atomic E-state index is 0.167. The molecule has 8 nitrogen and oxygen atoms in total. The first-order chi connectivity index (χ1) is 11.5. The quantitative estimate of drug-likeness (QED) is 0.549. The van der Waals surface area contributed by atoms with Crippen molar-refractivity contribution >= 4 is 11.8 Å². The zero-order valence-corrected chi connectivity index (χ0v) is 15.4. The molecule has 0 aromatic carbocycles. The van der Waals surface area contributed by atoms with Crippen LogP contribution in [0.2, 0.25) is 0 Å². The van der Waals surface area contributed by atoms with Gasteiger partial charge < -0.3 is 28.4 Å². The van der Waals surface area contributed by atoms with Gasteiger partial charge in [0.1, 0.15) is 18.3 Å². The van der Waals surface area contributed by atoms with Crippen LogP contribution in [0, 0.1) is 0 Å². The number of fused-ring (bicyclic) bond motifs is 3. The molecule has 5 atom stereocenters. The maximum absolute atomic E-state index is 12.2. The number of hydrogen-bond donors (Lipinski definition) is 0. The maximum atomic E-state index is 12.2. The Labute approximate surface area is 147 Å². The monoisotopic (exact) mass is 358 g/mol. The van der Waals surface area contributed by atoms with Gasteiger partial charge in [-0.15, -0.1) is 0 Å². The summed E-state index contributed by atoms with van der Waals surface area (Å²) in [5.41, 5.74) is 0. The third-order valence-corrected chi connectivity index (χ3v) is 4.21. The average Bonchev–Trinajstić information content (AvgIpc) is 2.92. The van der Waals surface area contributed by atoms with Gasteiger partial charge in [-0.25, -0.2) is 4.79 Å². The van der Waals surface area contributed by atoms with E-state index in [4.69, 9.17) is 28.4 Å². The van der Waals surface area contributed by atoms with Gasteiger partial charge in [0.15, 0.2) is 17.9 Å². The summed E-state index contributed by atoms with van der Waals surface area (Å²) < 4.78 is 34.4. The second-order valence-corrected chi connectivity index (χ2v) is 7.79. The number of ketones is 1. The Morgan fingerprint density at radius 1 is 0.920 bits per heavy atom. The summed E-state index contributed by atoms with van der Waals surface area (Å²) in [5.74, 6) is -3.21. The van der Waals surface area contributed by atoms with Crippen molar-refractivity contribution < 1.29 is 38.0 Å². The molecule has 3 saturated heterocycles. The van der Waals surface area contributed by atoms with Crippen LogP contribution >= 0.6 is 0 Å². The second-order valence-electron chi connectivity index (χ2n) is 7.79. The molecule has 0 aromatic rings. The Morgan fingerprint density at radius 3 is 2.12 bits per heavy atom. The van der Waals surface area contributed by atoms with Crippen molar-refractivity contribution in [2.24, 2.45) is 0 Å². The van der Waals surface area contributed by atoms with Gasteiger partial charge in [0, 0.05) is 6.42 Å². The number of Topliss-reactive ketones (excluding diaryl/α,β-unsaturated/α-hetero) is 1. The largest absolute Gasteiger partial charge is 0.457 e. The molecule has 0 unspecified atom stereocenters. The van der Waals surface area contributed by atoms with Crippen molar-refractivity contribution in [1.82, 2.24) is 0 Å². The lowest BCUT2D eigenvalue weighted by atomic mass is 9.95. The highest BCUT2D eigenvalue weighted by atomic mass is 16.9. The van der Waals surface area contributed by atoms with Crippen LogP contribution in [-0.4, -0.2) is 60.1 Å². The van der Waals surface area contributed by atoms with Crippen LogP contribution in [0.25, 0.3) is 0 Å². The Morgan fingerprint density at radius 2 is 1.48 bits per heavy atom. The van der Waals surface area contributed by atoms with Crippen molar-refractivity contribution in [3.8, 4) is 0 Å². The third-order valence-electron chi connectivity index (χ3n) is 4.21. The third kappa shape index (κ3) is 3.88. The summed E-state index contributed by atoms with van der Waals surface area (Å²) in [4.78, 5) is 24.0. The number of rotatable bonds is 4. The van der Waals surface area contributed by atoms with Crippen molar-refractivity contribution in [3.63, 3.8) is 0 Å². The highest BCUT2D eigenvalue weighted by molar-refractivity contribution is 6.33. The minimum atomic E-state index is -0.876. The van der Waals surface area contributed by atoms with Crippen molar-refractivity contribution in [1.29, 1.82) is 0 Å². The summed E-state index contributed by atoms with van der Waals surface area (Å²) in [7, 11) is 0. The highest BCUT2D eigenvalue weighted by Crippen LogP contribution is 2.44. The van der Waals surface area contributed by atoms with Crippen molar-refractivity contribution in [2.45, 2.75) is 96.3 Å². The van der Waals surface area contributed by atoms with E-state index < -0.39 is 54.0 Å². The number of hydrogen-bond acceptors (Lipinski definition) is 8. The summed E-state index contributed by atoms with van der Waals surface area (Å²) >= 11 is 0. The second kappa shape index (κ2) is 6.28. The molecule has 3 fully saturated rings. The molecule has 0 amide bonds. The highest BCUT2D eigenvalue weighted by Gasteiger charge is 2.60. The van der Waals surface area contributed by atoms with E-state index in [0.717, 1.165) is 0 Å². The van der Waals surface area contributed by atoms with Gasteiger partial charge in [-0.2, -0.15) is 0 Å². The molecule has 25 heavy (non-hydrogen) atoms. The molecule has 142 valence electrons. The Hall–Kier alpha value is -1.06. The van der Waals surface area contributed by atoms with E-state index in [2.05, 4.69) is 0 Å². The molecule has 0 saturated carbocycles. The van der Waals surface area contributed by atoms with Gasteiger partial charge in [-0.1, -0.05) is 0 Å². The topological polar surface area (TPSA) is 89.5 Å². The first-order valence-corrected chi connectivity index (χ1v) is 8.58. The smallest absolute Gasteiger partial charge is 0.374 e. The van der Waals surface area contributed by atoms with Crippen LogP contribution in [-0.2, 0) is 38.0 Å². The van der Waals surface area contributed by atoms with Gasteiger partial charge in [0.25, 0.3) is 0 Å². The lowest BCUT2D eigenvalue weighted by Gasteiger charge is -2.36. The zero-order valence-electron chi connectivity index (χ0n) is 15.4. The van der Waals surface area contributed by atoms with E-state index in [9.17, 15) is 9.59 Å². The van der Waals surface area contributed by atoms with E-state index in [0.29, 0.717) is 0 Å². The molecule has 3 rings (SSSR count). The SMILES string of the molecule is CC(C)OC(=O)C(=O)C[C@H]1O[C@@H]2OC(C)(C)O[C@@H]2[C@H]2OC(C)(C)O[C@H]21. The van der Waals surface area contributed by atoms with Gasteiger partial charge in [-0.3, -0.25) is 4.79 Å². The zero-order chi connectivity index (χ0) is 18.6. The van der Waals surface area contributed by atoms with E-state index >= 15 is 0 Å². The fourth-order valence-electron chi connectivity index (χ4n) is 3.40. The van der Waals surface area contributed by atoms with E-state index in [1.54, 1.807) is 41.5 Å². The number of carbonyl (C=O) groups is 2. The Balaban J connectivity index is 1.76.